The topological polar surface area (TPSA) is 49.0 Å². The van der Waals surface area contributed by atoms with Gasteiger partial charge in [0.15, 0.2) is 0 Å². The van der Waals surface area contributed by atoms with Gasteiger partial charge >= 0.3 is 0 Å². The fourth-order valence-electron chi connectivity index (χ4n) is 1.52. The average Bonchev–Trinajstić information content (AvgIpc) is 2.83. The van der Waals surface area contributed by atoms with Crippen molar-refractivity contribution < 1.29 is 0 Å². The molecule has 0 amide bonds. The van der Waals surface area contributed by atoms with Gasteiger partial charge in [-0.3, -0.25) is 4.79 Å². The second-order valence-electron chi connectivity index (χ2n) is 3.46. The number of rotatable bonds is 4. The van der Waals surface area contributed by atoms with Gasteiger partial charge in [0.2, 0.25) is 0 Å². The Morgan fingerprint density at radius 1 is 1.59 bits per heavy atom. The lowest BCUT2D eigenvalue weighted by Gasteiger charge is -2.21. The molecule has 0 aliphatic carbocycles. The molecule has 90 valence electrons. The standard InChI is InChI=1S/C11H12IN3OS/c1-2-15(6-8-4-3-5-17-8)10-9(12)11(16)14-7-13-10/h3-5,7H,2,6H2,1H3,(H,13,14,16). The molecular formula is C11H12IN3OS. The van der Waals surface area contributed by atoms with E-state index in [0.29, 0.717) is 3.57 Å². The summed E-state index contributed by atoms with van der Waals surface area (Å²) < 4.78 is 0.642. The number of hydrogen-bond acceptors (Lipinski definition) is 4. The predicted octanol–water partition coefficient (Wildman–Crippen LogP) is 2.46. The average molecular weight is 361 g/mol. The van der Waals surface area contributed by atoms with Gasteiger partial charge in [-0.15, -0.1) is 11.3 Å². The zero-order valence-electron chi connectivity index (χ0n) is 9.31. The number of aromatic amines is 1. The molecular weight excluding hydrogens is 349 g/mol. The molecule has 2 aromatic rings. The SMILES string of the molecule is CCN(Cc1cccs1)c1nc[nH]c(=O)c1I. The van der Waals surface area contributed by atoms with E-state index in [-0.39, 0.29) is 5.56 Å². The van der Waals surface area contributed by atoms with Gasteiger partial charge in [-0.05, 0) is 41.0 Å². The van der Waals surface area contributed by atoms with Crippen LogP contribution in [-0.4, -0.2) is 16.5 Å². The molecule has 2 heterocycles. The fraction of sp³-hybridized carbons (Fsp3) is 0.273. The molecule has 0 unspecified atom stereocenters. The largest absolute Gasteiger partial charge is 0.351 e. The molecule has 6 heteroatoms. The minimum atomic E-state index is -0.0831. The maximum absolute atomic E-state index is 11.5. The Morgan fingerprint density at radius 3 is 3.06 bits per heavy atom. The van der Waals surface area contributed by atoms with Gasteiger partial charge in [-0.1, -0.05) is 6.07 Å². The van der Waals surface area contributed by atoms with E-state index in [9.17, 15) is 4.79 Å². The molecule has 0 atom stereocenters. The number of nitrogens with zero attached hydrogens (tertiary/aromatic N) is 2. The molecule has 0 fully saturated rings. The van der Waals surface area contributed by atoms with Crippen molar-refractivity contribution in [1.82, 2.24) is 9.97 Å². The summed E-state index contributed by atoms with van der Waals surface area (Å²) in [5.41, 5.74) is -0.0831. The number of anilines is 1. The lowest BCUT2D eigenvalue weighted by molar-refractivity contribution is 0.812. The normalized spacial score (nSPS) is 10.5. The third-order valence-electron chi connectivity index (χ3n) is 2.39. The van der Waals surface area contributed by atoms with Crippen LogP contribution in [-0.2, 0) is 6.54 Å². The van der Waals surface area contributed by atoms with Crippen LogP contribution < -0.4 is 10.5 Å². The van der Waals surface area contributed by atoms with Crippen LogP contribution in [0.3, 0.4) is 0 Å². The van der Waals surface area contributed by atoms with Crippen LogP contribution >= 0.6 is 33.9 Å². The quantitative estimate of drug-likeness (QED) is 0.852. The summed E-state index contributed by atoms with van der Waals surface area (Å²) in [5, 5.41) is 2.05. The molecule has 0 aliphatic heterocycles. The van der Waals surface area contributed by atoms with Crippen molar-refractivity contribution in [3.8, 4) is 0 Å². The minimum absolute atomic E-state index is 0.0831. The second kappa shape index (κ2) is 5.63. The lowest BCUT2D eigenvalue weighted by Crippen LogP contribution is -2.26. The summed E-state index contributed by atoms with van der Waals surface area (Å²) in [6, 6.07) is 4.12. The molecule has 2 rings (SSSR count). The van der Waals surface area contributed by atoms with Crippen molar-refractivity contribution in [2.45, 2.75) is 13.5 Å². The number of nitrogens with one attached hydrogen (secondary N) is 1. The summed E-state index contributed by atoms with van der Waals surface area (Å²) in [6.07, 6.45) is 1.46. The third-order valence-corrected chi connectivity index (χ3v) is 4.22. The van der Waals surface area contributed by atoms with Crippen LogP contribution in [0.5, 0.6) is 0 Å². The predicted molar refractivity (Wildman–Crippen MR) is 78.6 cm³/mol. The Labute approximate surface area is 117 Å². The lowest BCUT2D eigenvalue weighted by atomic mass is 10.4. The zero-order valence-corrected chi connectivity index (χ0v) is 12.3. The van der Waals surface area contributed by atoms with E-state index in [1.54, 1.807) is 11.3 Å². The summed E-state index contributed by atoms with van der Waals surface area (Å²) in [4.78, 5) is 21.7. The maximum atomic E-state index is 11.5. The summed E-state index contributed by atoms with van der Waals surface area (Å²) in [7, 11) is 0. The molecule has 1 N–H and O–H groups in total. The van der Waals surface area contributed by atoms with E-state index < -0.39 is 0 Å². The van der Waals surface area contributed by atoms with E-state index in [1.807, 2.05) is 28.7 Å². The Kier molecular flexibility index (Phi) is 4.16. The number of halogens is 1. The summed E-state index contributed by atoms with van der Waals surface area (Å²) in [5.74, 6) is 0.755. The molecule has 4 nitrogen and oxygen atoms in total. The van der Waals surface area contributed by atoms with Crippen molar-refractivity contribution in [2.75, 3.05) is 11.4 Å². The summed E-state index contributed by atoms with van der Waals surface area (Å²) >= 11 is 3.75. The Balaban J connectivity index is 2.29. The first-order valence-electron chi connectivity index (χ1n) is 5.23. The van der Waals surface area contributed by atoms with Crippen molar-refractivity contribution >= 4 is 39.7 Å². The fourth-order valence-corrected chi connectivity index (χ4v) is 2.88. The number of thiophene rings is 1. The van der Waals surface area contributed by atoms with Crippen LogP contribution in [0.2, 0.25) is 0 Å². The van der Waals surface area contributed by atoms with Crippen LogP contribution in [0.4, 0.5) is 5.82 Å². The van der Waals surface area contributed by atoms with Gasteiger partial charge in [0.25, 0.3) is 5.56 Å². The molecule has 0 aliphatic rings. The first-order chi connectivity index (χ1) is 8.22. The Morgan fingerprint density at radius 2 is 2.41 bits per heavy atom. The molecule has 0 bridgehead atoms. The van der Waals surface area contributed by atoms with Gasteiger partial charge in [-0.25, -0.2) is 4.98 Å². The second-order valence-corrected chi connectivity index (χ2v) is 5.57. The highest BCUT2D eigenvalue weighted by molar-refractivity contribution is 14.1. The molecule has 2 aromatic heterocycles. The molecule has 0 spiro atoms. The van der Waals surface area contributed by atoms with E-state index in [0.717, 1.165) is 18.9 Å². The van der Waals surface area contributed by atoms with E-state index >= 15 is 0 Å². The highest BCUT2D eigenvalue weighted by Gasteiger charge is 2.13. The molecule has 0 saturated heterocycles. The Bertz CT molecular complexity index is 538. The van der Waals surface area contributed by atoms with Crippen molar-refractivity contribution in [3.05, 3.63) is 42.6 Å². The van der Waals surface area contributed by atoms with Crippen LogP contribution in [0.1, 0.15) is 11.8 Å². The van der Waals surface area contributed by atoms with E-state index in [1.165, 1.54) is 11.2 Å². The number of aromatic nitrogens is 2. The first-order valence-corrected chi connectivity index (χ1v) is 7.18. The Hall–Kier alpha value is -0.890. The monoisotopic (exact) mass is 361 g/mol. The highest BCUT2D eigenvalue weighted by atomic mass is 127. The number of hydrogen-bond donors (Lipinski definition) is 1. The van der Waals surface area contributed by atoms with Gasteiger partial charge < -0.3 is 9.88 Å². The van der Waals surface area contributed by atoms with E-state index in [4.69, 9.17) is 0 Å². The highest BCUT2D eigenvalue weighted by Crippen LogP contribution is 2.19. The molecule has 17 heavy (non-hydrogen) atoms. The van der Waals surface area contributed by atoms with Crippen LogP contribution in [0, 0.1) is 3.57 Å². The van der Waals surface area contributed by atoms with E-state index in [2.05, 4.69) is 33.2 Å². The smallest absolute Gasteiger partial charge is 0.266 e. The third kappa shape index (κ3) is 2.86. The number of H-pyrrole nitrogens is 1. The molecule has 0 aromatic carbocycles. The molecule has 0 radical (unpaired) electrons. The maximum Gasteiger partial charge on any atom is 0.266 e. The van der Waals surface area contributed by atoms with Gasteiger partial charge in [0.1, 0.15) is 9.39 Å². The van der Waals surface area contributed by atoms with Crippen LogP contribution in [0.15, 0.2) is 28.6 Å². The van der Waals surface area contributed by atoms with Crippen molar-refractivity contribution in [2.24, 2.45) is 0 Å². The van der Waals surface area contributed by atoms with Crippen molar-refractivity contribution in [3.63, 3.8) is 0 Å². The first kappa shape index (κ1) is 12.6. The summed E-state index contributed by atoms with van der Waals surface area (Å²) in [6.45, 7) is 3.68. The van der Waals surface area contributed by atoms with Crippen molar-refractivity contribution in [1.29, 1.82) is 0 Å². The van der Waals surface area contributed by atoms with Gasteiger partial charge in [-0.2, -0.15) is 0 Å². The van der Waals surface area contributed by atoms with Gasteiger partial charge in [0.05, 0.1) is 12.9 Å². The zero-order chi connectivity index (χ0) is 12.3. The van der Waals surface area contributed by atoms with Gasteiger partial charge in [0, 0.05) is 11.4 Å². The van der Waals surface area contributed by atoms with Crippen LogP contribution in [0.25, 0.3) is 0 Å². The minimum Gasteiger partial charge on any atom is -0.351 e. The molecule has 0 saturated carbocycles.